The van der Waals surface area contributed by atoms with Crippen molar-refractivity contribution in [2.75, 3.05) is 13.2 Å². The van der Waals surface area contributed by atoms with Crippen LogP contribution < -0.4 is 5.32 Å². The Hall–Kier alpha value is -2.34. The molecule has 0 radical (unpaired) electrons. The van der Waals surface area contributed by atoms with E-state index in [-0.39, 0.29) is 37.4 Å². The van der Waals surface area contributed by atoms with Crippen molar-refractivity contribution in [2.45, 2.75) is 45.1 Å². The molecule has 27 heavy (non-hydrogen) atoms. The number of hydrogen-bond acceptors (Lipinski definition) is 4. The summed E-state index contributed by atoms with van der Waals surface area (Å²) in [4.78, 5) is 39.0. The zero-order valence-electron chi connectivity index (χ0n) is 15.5. The van der Waals surface area contributed by atoms with E-state index in [0.29, 0.717) is 16.3 Å². The fourth-order valence-electron chi connectivity index (χ4n) is 3.30. The number of rotatable bonds is 6. The van der Waals surface area contributed by atoms with E-state index < -0.39 is 11.9 Å². The molecule has 1 saturated carbocycles. The van der Waals surface area contributed by atoms with Gasteiger partial charge in [-0.3, -0.25) is 9.59 Å². The summed E-state index contributed by atoms with van der Waals surface area (Å²) in [5, 5.41) is 3.46. The molecule has 0 aromatic heterocycles. The summed E-state index contributed by atoms with van der Waals surface area (Å²) in [5.74, 6) is -1.28. The molecule has 1 aromatic rings. The number of halogens is 1. The van der Waals surface area contributed by atoms with Gasteiger partial charge in [0, 0.05) is 29.1 Å². The Labute approximate surface area is 163 Å². The number of esters is 1. The molecule has 1 aliphatic heterocycles. The van der Waals surface area contributed by atoms with Gasteiger partial charge in [-0.25, -0.2) is 4.79 Å². The molecule has 1 heterocycles. The number of allylic oxidation sites excluding steroid dienone is 1. The van der Waals surface area contributed by atoms with Crippen LogP contribution in [-0.2, 0) is 19.1 Å². The minimum absolute atomic E-state index is 0.0859. The van der Waals surface area contributed by atoms with Crippen molar-refractivity contribution >= 4 is 29.4 Å². The van der Waals surface area contributed by atoms with Gasteiger partial charge in [-0.1, -0.05) is 23.7 Å². The normalized spacial score (nSPS) is 19.9. The van der Waals surface area contributed by atoms with Crippen LogP contribution in [-0.4, -0.2) is 41.9 Å². The van der Waals surface area contributed by atoms with E-state index in [0.717, 1.165) is 18.4 Å². The van der Waals surface area contributed by atoms with Crippen molar-refractivity contribution in [3.05, 3.63) is 46.1 Å². The van der Waals surface area contributed by atoms with Crippen molar-refractivity contribution in [1.29, 1.82) is 0 Å². The predicted octanol–water partition coefficient (Wildman–Crippen LogP) is 2.77. The Morgan fingerprint density at radius 2 is 1.93 bits per heavy atom. The van der Waals surface area contributed by atoms with Crippen LogP contribution in [0.15, 0.2) is 35.5 Å². The highest BCUT2D eigenvalue weighted by molar-refractivity contribution is 6.30. The summed E-state index contributed by atoms with van der Waals surface area (Å²) in [6.07, 6.45) is 2.05. The molecule has 7 heteroatoms. The van der Waals surface area contributed by atoms with Gasteiger partial charge in [-0.15, -0.1) is 0 Å². The summed E-state index contributed by atoms with van der Waals surface area (Å²) in [7, 11) is 0. The van der Waals surface area contributed by atoms with Crippen molar-refractivity contribution in [1.82, 2.24) is 10.2 Å². The Kier molecular flexibility index (Phi) is 5.85. The minimum Gasteiger partial charge on any atom is -0.463 e. The van der Waals surface area contributed by atoms with Gasteiger partial charge in [0.2, 0.25) is 11.8 Å². The van der Waals surface area contributed by atoms with E-state index in [1.165, 1.54) is 4.90 Å². The van der Waals surface area contributed by atoms with Crippen LogP contribution in [0.1, 0.15) is 44.6 Å². The number of amides is 2. The van der Waals surface area contributed by atoms with Crippen molar-refractivity contribution < 1.29 is 19.1 Å². The molecule has 6 nitrogen and oxygen atoms in total. The molecule has 3 rings (SSSR count). The highest BCUT2D eigenvalue weighted by atomic mass is 35.5. The smallest absolute Gasteiger partial charge is 0.336 e. The first kappa shape index (κ1) is 19.4. The molecule has 0 saturated heterocycles. The zero-order chi connectivity index (χ0) is 19.6. The number of nitrogens with zero attached hydrogens (tertiary/aromatic N) is 1. The fraction of sp³-hybridized carbons (Fsp3) is 0.450. The maximum absolute atomic E-state index is 12.8. The molecule has 1 aliphatic carbocycles. The van der Waals surface area contributed by atoms with E-state index in [2.05, 4.69) is 5.32 Å². The molecule has 144 valence electrons. The van der Waals surface area contributed by atoms with E-state index >= 15 is 0 Å². The number of nitrogens with one attached hydrogen (secondary N) is 1. The summed E-state index contributed by atoms with van der Waals surface area (Å²) in [5.41, 5.74) is 1.70. The van der Waals surface area contributed by atoms with Gasteiger partial charge in [-0.2, -0.15) is 0 Å². The number of hydrogen-bond donors (Lipinski definition) is 1. The molecule has 0 bridgehead atoms. The SMILES string of the molecule is CCOC(=O)C1=C(C)N(CC(=O)NC2CC2)C(=O)CC1c1ccc(Cl)cc1. The number of carbonyl (C=O) groups excluding carboxylic acids is 3. The Morgan fingerprint density at radius 3 is 2.52 bits per heavy atom. The van der Waals surface area contributed by atoms with E-state index in [1.807, 2.05) is 12.1 Å². The quantitative estimate of drug-likeness (QED) is 0.758. The van der Waals surface area contributed by atoms with Crippen molar-refractivity contribution in [3.8, 4) is 0 Å². The highest BCUT2D eigenvalue weighted by Gasteiger charge is 2.38. The number of benzene rings is 1. The van der Waals surface area contributed by atoms with Crippen LogP contribution in [0.3, 0.4) is 0 Å². The third-order valence-electron chi connectivity index (χ3n) is 4.83. The maximum atomic E-state index is 12.8. The average molecular weight is 391 g/mol. The summed E-state index contributed by atoms with van der Waals surface area (Å²) in [6.45, 7) is 3.58. The van der Waals surface area contributed by atoms with Crippen LogP contribution in [0.2, 0.25) is 5.02 Å². The van der Waals surface area contributed by atoms with Gasteiger partial charge < -0.3 is 15.0 Å². The first-order chi connectivity index (χ1) is 12.9. The Morgan fingerprint density at radius 1 is 1.26 bits per heavy atom. The number of carbonyl (C=O) groups is 3. The number of ether oxygens (including phenoxy) is 1. The van der Waals surface area contributed by atoms with E-state index in [4.69, 9.17) is 16.3 Å². The van der Waals surface area contributed by atoms with Gasteiger partial charge in [0.05, 0.1) is 12.2 Å². The average Bonchev–Trinajstić information content (AvgIpc) is 3.43. The molecule has 0 spiro atoms. The second-order valence-corrected chi connectivity index (χ2v) is 7.29. The fourth-order valence-corrected chi connectivity index (χ4v) is 3.43. The van der Waals surface area contributed by atoms with E-state index in [9.17, 15) is 14.4 Å². The van der Waals surface area contributed by atoms with E-state index in [1.54, 1.807) is 26.0 Å². The second-order valence-electron chi connectivity index (χ2n) is 6.85. The largest absolute Gasteiger partial charge is 0.463 e. The molecular weight excluding hydrogens is 368 g/mol. The van der Waals surface area contributed by atoms with Crippen LogP contribution in [0.25, 0.3) is 0 Å². The topological polar surface area (TPSA) is 75.7 Å². The van der Waals surface area contributed by atoms with Crippen LogP contribution in [0.4, 0.5) is 0 Å². The third-order valence-corrected chi connectivity index (χ3v) is 5.09. The first-order valence-corrected chi connectivity index (χ1v) is 9.51. The lowest BCUT2D eigenvalue weighted by molar-refractivity contribution is -0.141. The lowest BCUT2D eigenvalue weighted by Gasteiger charge is -2.34. The first-order valence-electron chi connectivity index (χ1n) is 9.13. The molecule has 2 aliphatic rings. The predicted molar refractivity (Wildman–Crippen MR) is 101 cm³/mol. The summed E-state index contributed by atoms with van der Waals surface area (Å²) in [6, 6.07) is 7.29. The monoisotopic (exact) mass is 390 g/mol. The van der Waals surface area contributed by atoms with Crippen LogP contribution >= 0.6 is 11.6 Å². The lowest BCUT2D eigenvalue weighted by Crippen LogP contribution is -2.44. The van der Waals surface area contributed by atoms with Gasteiger partial charge in [0.1, 0.15) is 6.54 Å². The standard InChI is InChI=1S/C20H23ClN2O4/c1-3-27-20(26)19-12(2)23(11-17(24)22-15-8-9-15)18(25)10-16(19)13-4-6-14(21)7-5-13/h4-7,15-16H,3,8-11H2,1-2H3,(H,22,24). The second kappa shape index (κ2) is 8.13. The molecule has 1 fully saturated rings. The summed E-state index contributed by atoms with van der Waals surface area (Å²) >= 11 is 5.96. The van der Waals surface area contributed by atoms with Gasteiger partial charge in [0.25, 0.3) is 0 Å². The molecule has 1 N–H and O–H groups in total. The van der Waals surface area contributed by atoms with Crippen molar-refractivity contribution in [2.24, 2.45) is 0 Å². The molecule has 1 unspecified atom stereocenters. The molecule has 1 aromatic carbocycles. The Bertz CT molecular complexity index is 784. The minimum atomic E-state index is -0.463. The van der Waals surface area contributed by atoms with Crippen LogP contribution in [0, 0.1) is 0 Å². The lowest BCUT2D eigenvalue weighted by atomic mass is 9.83. The van der Waals surface area contributed by atoms with Gasteiger partial charge >= 0.3 is 5.97 Å². The zero-order valence-corrected chi connectivity index (χ0v) is 16.2. The maximum Gasteiger partial charge on any atom is 0.336 e. The van der Waals surface area contributed by atoms with Gasteiger partial charge in [0.15, 0.2) is 0 Å². The Balaban J connectivity index is 1.92. The molecule has 2 amide bonds. The molecular formula is C20H23ClN2O4. The van der Waals surface area contributed by atoms with Crippen LogP contribution in [0.5, 0.6) is 0 Å². The van der Waals surface area contributed by atoms with Gasteiger partial charge in [-0.05, 0) is 44.4 Å². The highest BCUT2D eigenvalue weighted by Crippen LogP contribution is 2.37. The molecule has 1 atom stereocenters. The third kappa shape index (κ3) is 4.50. The summed E-state index contributed by atoms with van der Waals surface area (Å²) < 4.78 is 5.23. The van der Waals surface area contributed by atoms with Crippen molar-refractivity contribution in [3.63, 3.8) is 0 Å².